The van der Waals surface area contributed by atoms with Gasteiger partial charge in [0.2, 0.25) is 0 Å². The molecule has 0 aliphatic carbocycles. The van der Waals surface area contributed by atoms with Gasteiger partial charge in [-0.05, 0) is 16.7 Å². The fraction of sp³-hybridized carbons (Fsp3) is 0.143. The van der Waals surface area contributed by atoms with Gasteiger partial charge in [-0.15, -0.1) is 0 Å². The van der Waals surface area contributed by atoms with Crippen LogP contribution in [-0.2, 0) is 29.7 Å². The summed E-state index contributed by atoms with van der Waals surface area (Å²) in [5.74, 6) is -0.501. The number of aryl methyl sites for hydroxylation is 1. The maximum absolute atomic E-state index is 12.4. The third kappa shape index (κ3) is 3.55. The smallest absolute Gasteiger partial charge is 0.326 e. The van der Waals surface area contributed by atoms with Gasteiger partial charge in [-0.2, -0.15) is 5.10 Å². The normalized spacial score (nSPS) is 10.9. The summed E-state index contributed by atoms with van der Waals surface area (Å²) in [4.78, 5) is 28.7. The maximum atomic E-state index is 12.4. The molecule has 0 amide bonds. The summed E-state index contributed by atoms with van der Waals surface area (Å²) in [6, 6.07) is 17.9. The molecule has 0 atom stereocenters. The Bertz CT molecular complexity index is 1180. The van der Waals surface area contributed by atoms with Gasteiger partial charge in [0.15, 0.2) is 5.65 Å². The molecule has 0 radical (unpaired) electrons. The third-order valence-corrected chi connectivity index (χ3v) is 4.48. The minimum absolute atomic E-state index is 0.144. The molecule has 0 aliphatic rings. The highest BCUT2D eigenvalue weighted by atomic mass is 16.5. The van der Waals surface area contributed by atoms with Gasteiger partial charge in [0.1, 0.15) is 24.9 Å². The van der Waals surface area contributed by atoms with Crippen LogP contribution in [-0.4, -0.2) is 25.3 Å². The number of hydrogen-bond acceptors (Lipinski definition) is 5. The van der Waals surface area contributed by atoms with Crippen LogP contribution in [0.15, 0.2) is 71.9 Å². The fourth-order valence-electron chi connectivity index (χ4n) is 2.95. The Morgan fingerprint density at radius 1 is 1.04 bits per heavy atom. The molecule has 7 heteroatoms. The van der Waals surface area contributed by atoms with Crippen molar-refractivity contribution in [1.29, 1.82) is 0 Å². The molecule has 0 saturated carbocycles. The first-order valence-electron chi connectivity index (χ1n) is 8.79. The number of esters is 1. The van der Waals surface area contributed by atoms with Crippen molar-refractivity contribution in [2.24, 2.45) is 7.05 Å². The Balaban J connectivity index is 1.39. The van der Waals surface area contributed by atoms with Crippen LogP contribution in [0.2, 0.25) is 0 Å². The van der Waals surface area contributed by atoms with Gasteiger partial charge < -0.3 is 4.74 Å². The van der Waals surface area contributed by atoms with E-state index in [2.05, 4.69) is 10.1 Å². The summed E-state index contributed by atoms with van der Waals surface area (Å²) in [5.41, 5.74) is 3.26. The van der Waals surface area contributed by atoms with Crippen LogP contribution >= 0.6 is 0 Å². The molecule has 0 aliphatic heterocycles. The lowest BCUT2D eigenvalue weighted by atomic mass is 10.0. The Labute approximate surface area is 160 Å². The van der Waals surface area contributed by atoms with Crippen molar-refractivity contribution in [2.75, 3.05) is 0 Å². The van der Waals surface area contributed by atoms with Crippen LogP contribution in [0.25, 0.3) is 22.2 Å². The van der Waals surface area contributed by atoms with E-state index in [1.54, 1.807) is 7.05 Å². The molecule has 2 heterocycles. The van der Waals surface area contributed by atoms with Crippen LogP contribution < -0.4 is 5.56 Å². The SMILES string of the molecule is Cn1ncc2c(=O)n(CC(=O)OCc3ccc(-c4ccccc4)cc3)cnc21. The first kappa shape index (κ1) is 17.7. The van der Waals surface area contributed by atoms with E-state index in [-0.39, 0.29) is 18.7 Å². The fourth-order valence-corrected chi connectivity index (χ4v) is 2.95. The maximum Gasteiger partial charge on any atom is 0.326 e. The Kier molecular flexibility index (Phi) is 4.72. The third-order valence-electron chi connectivity index (χ3n) is 4.48. The number of carbonyl (C=O) groups is 1. The molecule has 0 spiro atoms. The predicted octanol–water partition coefficient (Wildman–Crippen LogP) is 2.54. The molecule has 0 N–H and O–H groups in total. The molecule has 4 aromatic rings. The summed E-state index contributed by atoms with van der Waals surface area (Å²) in [5, 5.41) is 4.38. The van der Waals surface area contributed by atoms with E-state index in [1.807, 2.05) is 54.6 Å². The van der Waals surface area contributed by atoms with Gasteiger partial charge in [0, 0.05) is 7.05 Å². The van der Waals surface area contributed by atoms with Crippen LogP contribution in [0.3, 0.4) is 0 Å². The first-order valence-corrected chi connectivity index (χ1v) is 8.79. The van der Waals surface area contributed by atoms with Crippen molar-refractivity contribution in [3.05, 3.63) is 83.0 Å². The van der Waals surface area contributed by atoms with Crippen molar-refractivity contribution < 1.29 is 9.53 Å². The second-order valence-corrected chi connectivity index (χ2v) is 6.41. The minimum Gasteiger partial charge on any atom is -0.459 e. The quantitative estimate of drug-likeness (QED) is 0.502. The van der Waals surface area contributed by atoms with Crippen molar-refractivity contribution in [3.8, 4) is 11.1 Å². The topological polar surface area (TPSA) is 79.0 Å². The number of hydrogen-bond donors (Lipinski definition) is 0. The van der Waals surface area contributed by atoms with Crippen LogP contribution in [0, 0.1) is 0 Å². The highest BCUT2D eigenvalue weighted by Crippen LogP contribution is 2.19. The second-order valence-electron chi connectivity index (χ2n) is 6.41. The van der Waals surface area contributed by atoms with E-state index >= 15 is 0 Å². The molecule has 0 fully saturated rings. The van der Waals surface area contributed by atoms with E-state index in [1.165, 1.54) is 21.8 Å². The van der Waals surface area contributed by atoms with Gasteiger partial charge in [0.05, 0.1) is 6.20 Å². The lowest BCUT2D eigenvalue weighted by molar-refractivity contribution is -0.145. The average molecular weight is 374 g/mol. The number of fused-ring (bicyclic) bond motifs is 1. The zero-order valence-corrected chi connectivity index (χ0v) is 15.3. The molecule has 2 aromatic carbocycles. The average Bonchev–Trinajstić information content (AvgIpc) is 3.11. The first-order chi connectivity index (χ1) is 13.6. The van der Waals surface area contributed by atoms with Gasteiger partial charge >= 0.3 is 5.97 Å². The largest absolute Gasteiger partial charge is 0.459 e. The summed E-state index contributed by atoms with van der Waals surface area (Å²) >= 11 is 0. The molecule has 2 aromatic heterocycles. The number of carbonyl (C=O) groups excluding carboxylic acids is 1. The summed E-state index contributed by atoms with van der Waals surface area (Å²) in [7, 11) is 1.70. The highest BCUT2D eigenvalue weighted by Gasteiger charge is 2.11. The van der Waals surface area contributed by atoms with Crippen molar-refractivity contribution in [1.82, 2.24) is 19.3 Å². The Morgan fingerprint density at radius 3 is 2.50 bits per heavy atom. The van der Waals surface area contributed by atoms with E-state index in [0.717, 1.165) is 16.7 Å². The zero-order valence-electron chi connectivity index (χ0n) is 15.3. The van der Waals surface area contributed by atoms with Crippen LogP contribution in [0.4, 0.5) is 0 Å². The molecule has 0 bridgehead atoms. The molecular weight excluding hydrogens is 356 g/mol. The van der Waals surface area contributed by atoms with Gasteiger partial charge in [-0.1, -0.05) is 54.6 Å². The van der Waals surface area contributed by atoms with E-state index in [0.29, 0.717) is 11.0 Å². The van der Waals surface area contributed by atoms with Crippen molar-refractivity contribution >= 4 is 17.0 Å². The Hall–Kier alpha value is -3.74. The molecule has 7 nitrogen and oxygen atoms in total. The monoisotopic (exact) mass is 374 g/mol. The lowest BCUT2D eigenvalue weighted by Crippen LogP contribution is -2.25. The summed E-state index contributed by atoms with van der Waals surface area (Å²) in [6.45, 7) is -0.0516. The summed E-state index contributed by atoms with van der Waals surface area (Å²) in [6.07, 6.45) is 2.78. The molecule has 28 heavy (non-hydrogen) atoms. The molecule has 0 saturated heterocycles. The zero-order chi connectivity index (χ0) is 19.5. The summed E-state index contributed by atoms with van der Waals surface area (Å²) < 4.78 is 8.04. The molecule has 0 unspecified atom stereocenters. The van der Waals surface area contributed by atoms with E-state index in [9.17, 15) is 9.59 Å². The highest BCUT2D eigenvalue weighted by molar-refractivity contribution is 5.74. The minimum atomic E-state index is -0.501. The van der Waals surface area contributed by atoms with Gasteiger partial charge in [0.25, 0.3) is 5.56 Å². The van der Waals surface area contributed by atoms with E-state index in [4.69, 9.17) is 4.74 Å². The standard InChI is InChI=1S/C21H18N4O3/c1-24-20-18(11-23-24)21(27)25(14-22-20)12-19(26)28-13-15-7-9-17(10-8-15)16-5-3-2-4-6-16/h2-11,14H,12-13H2,1H3. The second kappa shape index (κ2) is 7.48. The van der Waals surface area contributed by atoms with Crippen molar-refractivity contribution in [3.63, 3.8) is 0 Å². The molecule has 4 rings (SSSR count). The number of ether oxygens (including phenoxy) is 1. The lowest BCUT2D eigenvalue weighted by Gasteiger charge is -2.08. The number of rotatable bonds is 5. The van der Waals surface area contributed by atoms with Gasteiger partial charge in [-0.3, -0.25) is 18.8 Å². The van der Waals surface area contributed by atoms with Gasteiger partial charge in [-0.25, -0.2) is 4.98 Å². The predicted molar refractivity (Wildman–Crippen MR) is 104 cm³/mol. The number of aromatic nitrogens is 4. The number of nitrogens with zero attached hydrogens (tertiary/aromatic N) is 4. The van der Waals surface area contributed by atoms with Crippen LogP contribution in [0.5, 0.6) is 0 Å². The Morgan fingerprint density at radius 2 is 1.75 bits per heavy atom. The van der Waals surface area contributed by atoms with E-state index < -0.39 is 5.97 Å². The van der Waals surface area contributed by atoms with Crippen molar-refractivity contribution in [2.45, 2.75) is 13.2 Å². The molecular formula is C21H18N4O3. The number of benzene rings is 2. The molecule has 140 valence electrons. The van der Waals surface area contributed by atoms with Crippen LogP contribution in [0.1, 0.15) is 5.56 Å².